The van der Waals surface area contributed by atoms with Crippen LogP contribution in [-0.4, -0.2) is 82.6 Å². The van der Waals surface area contributed by atoms with E-state index < -0.39 is 34.2 Å². The molecular formula is C36H44FN3O7S. The summed E-state index contributed by atoms with van der Waals surface area (Å²) >= 11 is 0.541. The summed E-state index contributed by atoms with van der Waals surface area (Å²) in [5.41, 5.74) is 1.97. The molecular weight excluding hydrogens is 637 g/mol. The van der Waals surface area contributed by atoms with Gasteiger partial charge in [-0.25, -0.2) is 13.9 Å². The predicted molar refractivity (Wildman–Crippen MR) is 177 cm³/mol. The van der Waals surface area contributed by atoms with Crippen LogP contribution in [0.1, 0.15) is 74.0 Å². The monoisotopic (exact) mass is 681 g/mol. The lowest BCUT2D eigenvalue weighted by Gasteiger charge is -2.60. The van der Waals surface area contributed by atoms with Gasteiger partial charge in [-0.2, -0.15) is 5.10 Å². The van der Waals surface area contributed by atoms with Gasteiger partial charge in [0.05, 0.1) is 36.3 Å². The van der Waals surface area contributed by atoms with Crippen LogP contribution in [0, 0.1) is 28.6 Å². The number of hydrogen-bond donors (Lipinski definition) is 2. The number of aliphatic hydroxyl groups excluding tert-OH is 1. The number of halogens is 1. The Morgan fingerprint density at radius 3 is 2.81 bits per heavy atom. The number of benzene rings is 1. The van der Waals surface area contributed by atoms with E-state index in [0.717, 1.165) is 36.2 Å². The Morgan fingerprint density at radius 2 is 2.06 bits per heavy atom. The summed E-state index contributed by atoms with van der Waals surface area (Å²) < 4.78 is 31.8. The van der Waals surface area contributed by atoms with Crippen LogP contribution in [0.4, 0.5) is 4.39 Å². The Labute approximate surface area is 284 Å². The van der Waals surface area contributed by atoms with Gasteiger partial charge in [-0.05, 0) is 110 Å². The maximum atomic E-state index is 13.6. The van der Waals surface area contributed by atoms with Gasteiger partial charge in [-0.15, -0.1) is 0 Å². The molecule has 2 aromatic rings. The molecule has 8 atom stereocenters. The zero-order valence-electron chi connectivity index (χ0n) is 27.7. The van der Waals surface area contributed by atoms with Gasteiger partial charge in [0, 0.05) is 24.7 Å². The second-order valence-corrected chi connectivity index (χ2v) is 15.5. The highest BCUT2D eigenvalue weighted by molar-refractivity contribution is 8.13. The molecule has 3 saturated carbocycles. The standard InChI is InChI=1S/C36H44FN3O7S/c1-34-15-22-17-38-40(25-6-4-5-21(13-25)32(43)39-24-10-12-46-18-24)28(22)14-23(34)7-8-26-27-9-11-36(33(44)48-20-37,47-30(42)19-45-3)35(27,2)16-29(41)31(26)34/h4-6,13-14,17,24,26-27,29,31,41H,7-12,15-16,18-20H2,1-3H3,(H,39,43)/t24-,26+,27+,29+,31-,34+,35+,36+/m1/s1. The van der Waals surface area contributed by atoms with Crippen molar-refractivity contribution in [2.45, 2.75) is 76.5 Å². The molecule has 0 spiro atoms. The van der Waals surface area contributed by atoms with Crippen molar-refractivity contribution in [3.63, 3.8) is 0 Å². The van der Waals surface area contributed by atoms with Crippen LogP contribution in [0.25, 0.3) is 11.8 Å². The second-order valence-electron chi connectivity index (χ2n) is 14.7. The lowest BCUT2D eigenvalue weighted by Crippen LogP contribution is -2.62. The highest BCUT2D eigenvalue weighted by atomic mass is 32.2. The van der Waals surface area contributed by atoms with Gasteiger partial charge in [0.25, 0.3) is 5.91 Å². The molecule has 258 valence electrons. The van der Waals surface area contributed by atoms with Crippen molar-refractivity contribution in [2.24, 2.45) is 28.6 Å². The van der Waals surface area contributed by atoms with Crippen LogP contribution >= 0.6 is 11.8 Å². The van der Waals surface area contributed by atoms with Gasteiger partial charge < -0.3 is 24.6 Å². The highest BCUT2D eigenvalue weighted by Gasteiger charge is 2.70. The van der Waals surface area contributed by atoms with E-state index in [-0.39, 0.29) is 48.1 Å². The summed E-state index contributed by atoms with van der Waals surface area (Å²) in [5.74, 6) is -0.767. The summed E-state index contributed by atoms with van der Waals surface area (Å²) in [6.07, 6.45) is 7.71. The highest BCUT2D eigenvalue weighted by Crippen LogP contribution is 2.68. The Kier molecular flexibility index (Phi) is 8.83. The first-order valence-electron chi connectivity index (χ1n) is 16.9. The minimum Gasteiger partial charge on any atom is -0.448 e. The number of alkyl halides is 1. The summed E-state index contributed by atoms with van der Waals surface area (Å²) in [6, 6.07) is 6.60. The Balaban J connectivity index is 1.17. The van der Waals surface area contributed by atoms with Crippen LogP contribution in [-0.2, 0) is 30.2 Å². The Morgan fingerprint density at radius 1 is 1.23 bits per heavy atom. The molecule has 0 unspecified atom stereocenters. The van der Waals surface area contributed by atoms with Gasteiger partial charge in [0.15, 0.2) is 5.60 Å². The van der Waals surface area contributed by atoms with Crippen LogP contribution in [0.2, 0.25) is 0 Å². The molecule has 2 heterocycles. The number of allylic oxidation sites excluding steroid dienone is 1. The van der Waals surface area contributed by atoms with Crippen molar-refractivity contribution in [3.8, 4) is 5.69 Å². The number of amides is 1. The van der Waals surface area contributed by atoms with E-state index in [0.29, 0.717) is 49.8 Å². The van der Waals surface area contributed by atoms with Crippen LogP contribution in [0.3, 0.4) is 0 Å². The summed E-state index contributed by atoms with van der Waals surface area (Å²) in [5, 5.41) is 19.4. The normalized spacial score (nSPS) is 35.1. The number of aliphatic hydroxyl groups is 1. The number of carbonyl (C=O) groups is 3. The first kappa shape index (κ1) is 33.4. The second kappa shape index (κ2) is 12.7. The lowest BCUT2D eigenvalue weighted by molar-refractivity contribution is -0.198. The molecule has 1 saturated heterocycles. The molecule has 0 radical (unpaired) electrons. The van der Waals surface area contributed by atoms with Crippen molar-refractivity contribution < 1.29 is 38.1 Å². The molecule has 12 heteroatoms. The summed E-state index contributed by atoms with van der Waals surface area (Å²) in [6.45, 7) is 5.07. The minimum atomic E-state index is -1.52. The van der Waals surface area contributed by atoms with E-state index in [1.807, 2.05) is 36.0 Å². The van der Waals surface area contributed by atoms with E-state index in [9.17, 15) is 23.9 Å². The van der Waals surface area contributed by atoms with Crippen molar-refractivity contribution in [2.75, 3.05) is 32.9 Å². The maximum absolute atomic E-state index is 13.6. The molecule has 2 N–H and O–H groups in total. The smallest absolute Gasteiger partial charge is 0.333 e. The average Bonchev–Trinajstić information content (AvgIpc) is 3.78. The molecule has 4 fully saturated rings. The molecule has 0 bridgehead atoms. The van der Waals surface area contributed by atoms with Gasteiger partial charge in [-0.3, -0.25) is 9.59 Å². The minimum absolute atomic E-state index is 0.0117. The summed E-state index contributed by atoms with van der Waals surface area (Å²) in [4.78, 5) is 39.4. The predicted octanol–water partition coefficient (Wildman–Crippen LogP) is 4.66. The molecule has 7 rings (SSSR count). The molecule has 4 aliphatic carbocycles. The molecule has 48 heavy (non-hydrogen) atoms. The fourth-order valence-corrected chi connectivity index (χ4v) is 10.8. The SMILES string of the molecule is COCC(=O)O[C@]1(C(=O)SCF)CC[C@H]2[C@@H]3CCC4=Cc5c(cnn5-c5cccc(C(=O)N[C@@H]6CCOC6)c5)C[C@]4(C)[C@H]3[C@@H](O)C[C@@]21C. The number of rotatable bonds is 8. The number of hydrogen-bond acceptors (Lipinski definition) is 9. The third-order valence-electron chi connectivity index (χ3n) is 12.2. The first-order valence-corrected chi connectivity index (χ1v) is 17.9. The third kappa shape index (κ3) is 5.25. The van der Waals surface area contributed by atoms with E-state index in [1.165, 1.54) is 12.7 Å². The van der Waals surface area contributed by atoms with Crippen molar-refractivity contribution in [1.29, 1.82) is 0 Å². The number of thioether (sulfide) groups is 1. The Bertz CT molecular complexity index is 1640. The number of ether oxygens (including phenoxy) is 3. The van der Waals surface area contributed by atoms with Crippen LogP contribution < -0.4 is 5.32 Å². The van der Waals surface area contributed by atoms with E-state index >= 15 is 0 Å². The number of nitrogens with one attached hydrogen (secondary N) is 1. The zero-order valence-corrected chi connectivity index (χ0v) is 28.5. The topological polar surface area (TPSA) is 129 Å². The zero-order chi connectivity index (χ0) is 33.8. The third-order valence-corrected chi connectivity index (χ3v) is 12.9. The molecule has 1 aromatic carbocycles. The molecule has 5 aliphatic rings. The van der Waals surface area contributed by atoms with Gasteiger partial charge in [0.2, 0.25) is 5.12 Å². The summed E-state index contributed by atoms with van der Waals surface area (Å²) in [7, 11) is 1.39. The molecule has 10 nitrogen and oxygen atoms in total. The van der Waals surface area contributed by atoms with Crippen LogP contribution in [0.5, 0.6) is 0 Å². The van der Waals surface area contributed by atoms with Crippen molar-refractivity contribution >= 4 is 34.8 Å². The Hall–Kier alpha value is -3.06. The molecule has 1 aliphatic heterocycles. The number of aromatic nitrogens is 2. The number of fused-ring (bicyclic) bond motifs is 6. The number of esters is 1. The van der Waals surface area contributed by atoms with Gasteiger partial charge in [0.1, 0.15) is 12.6 Å². The fourth-order valence-electron chi connectivity index (χ4n) is 10.1. The van der Waals surface area contributed by atoms with Gasteiger partial charge in [-0.1, -0.05) is 25.5 Å². The quantitative estimate of drug-likeness (QED) is 0.383. The van der Waals surface area contributed by atoms with E-state index in [2.05, 4.69) is 18.3 Å². The van der Waals surface area contributed by atoms with E-state index in [1.54, 1.807) is 6.07 Å². The van der Waals surface area contributed by atoms with Gasteiger partial charge >= 0.3 is 5.97 Å². The number of nitrogens with zero attached hydrogens (tertiary/aromatic N) is 2. The maximum Gasteiger partial charge on any atom is 0.333 e. The number of methoxy groups -OCH3 is 1. The lowest BCUT2D eigenvalue weighted by atomic mass is 9.45. The molecule has 1 aromatic heterocycles. The fraction of sp³-hybridized carbons (Fsp3) is 0.611. The van der Waals surface area contributed by atoms with Crippen molar-refractivity contribution in [3.05, 3.63) is 52.9 Å². The average molecular weight is 682 g/mol. The van der Waals surface area contributed by atoms with E-state index in [4.69, 9.17) is 19.3 Å². The first-order chi connectivity index (χ1) is 23.0. The number of carbonyl (C=O) groups excluding carboxylic acids is 3. The molecule has 1 amide bonds. The van der Waals surface area contributed by atoms with Crippen molar-refractivity contribution in [1.82, 2.24) is 15.1 Å². The van der Waals surface area contributed by atoms with Crippen LogP contribution in [0.15, 0.2) is 36.0 Å². The largest absolute Gasteiger partial charge is 0.448 e.